The predicted octanol–water partition coefficient (Wildman–Crippen LogP) is 0.810. The molecule has 1 aliphatic heterocycles. The summed E-state index contributed by atoms with van der Waals surface area (Å²) in [6.45, 7) is 0.270. The average molecular weight is 337 g/mol. The molecule has 0 aliphatic carbocycles. The fraction of sp³-hybridized carbons (Fsp3) is 0.211. The monoisotopic (exact) mass is 337 g/mol. The van der Waals surface area contributed by atoms with Gasteiger partial charge in [0.25, 0.3) is 0 Å². The summed E-state index contributed by atoms with van der Waals surface area (Å²) in [4.78, 5) is 38.4. The number of hydrogen-bond acceptors (Lipinski definition) is 4. The van der Waals surface area contributed by atoms with Crippen molar-refractivity contribution in [3.8, 4) is 0 Å². The van der Waals surface area contributed by atoms with Crippen LogP contribution in [0, 0.1) is 0 Å². The summed E-state index contributed by atoms with van der Waals surface area (Å²) in [5.41, 5.74) is 1.61. The molecular formula is C19H17N2O4-. The van der Waals surface area contributed by atoms with E-state index in [0.29, 0.717) is 6.29 Å². The quantitative estimate of drug-likeness (QED) is 0.731. The molecule has 128 valence electrons. The summed E-state index contributed by atoms with van der Waals surface area (Å²) in [7, 11) is 0. The normalized spacial score (nSPS) is 19.9. The van der Waals surface area contributed by atoms with E-state index in [0.717, 1.165) is 11.1 Å². The van der Waals surface area contributed by atoms with E-state index in [4.69, 9.17) is 0 Å². The first-order valence-electron chi connectivity index (χ1n) is 7.93. The third-order valence-corrected chi connectivity index (χ3v) is 4.28. The van der Waals surface area contributed by atoms with Crippen molar-refractivity contribution in [3.05, 3.63) is 71.8 Å². The van der Waals surface area contributed by atoms with Crippen LogP contribution >= 0.6 is 0 Å². The minimum atomic E-state index is -1.43. The van der Waals surface area contributed by atoms with Gasteiger partial charge in [0.2, 0.25) is 0 Å². The smallest absolute Gasteiger partial charge is 0.321 e. The average Bonchev–Trinajstić information content (AvgIpc) is 2.89. The highest BCUT2D eigenvalue weighted by atomic mass is 16.4. The summed E-state index contributed by atoms with van der Waals surface area (Å²) >= 11 is 0. The molecule has 2 atom stereocenters. The topological polar surface area (TPSA) is 80.8 Å². The van der Waals surface area contributed by atoms with Crippen molar-refractivity contribution in [3.63, 3.8) is 0 Å². The van der Waals surface area contributed by atoms with Crippen molar-refractivity contribution in [1.29, 1.82) is 0 Å². The van der Waals surface area contributed by atoms with Gasteiger partial charge in [-0.05, 0) is 11.1 Å². The number of benzene rings is 2. The van der Waals surface area contributed by atoms with Crippen LogP contribution in [-0.4, -0.2) is 40.2 Å². The van der Waals surface area contributed by atoms with Gasteiger partial charge in [-0.1, -0.05) is 60.7 Å². The molecule has 6 nitrogen and oxygen atoms in total. The number of nitrogens with zero attached hydrogens (tertiary/aromatic N) is 2. The molecule has 0 saturated carbocycles. The second-order valence-corrected chi connectivity index (χ2v) is 5.90. The molecule has 0 unspecified atom stereocenters. The molecule has 0 aromatic heterocycles. The van der Waals surface area contributed by atoms with Crippen molar-refractivity contribution in [2.45, 2.75) is 25.2 Å². The number of aldehydes is 1. The molecule has 1 saturated heterocycles. The number of carboxylic acids is 1. The largest absolute Gasteiger partial charge is 0.548 e. The van der Waals surface area contributed by atoms with Crippen molar-refractivity contribution in [2.24, 2.45) is 0 Å². The van der Waals surface area contributed by atoms with Crippen LogP contribution in [0.15, 0.2) is 60.7 Å². The Hall–Kier alpha value is -3.15. The van der Waals surface area contributed by atoms with E-state index in [9.17, 15) is 19.5 Å². The first-order valence-corrected chi connectivity index (χ1v) is 7.93. The molecule has 2 aromatic carbocycles. The molecule has 1 aliphatic rings. The fourth-order valence-corrected chi connectivity index (χ4v) is 3.08. The van der Waals surface area contributed by atoms with Crippen molar-refractivity contribution in [1.82, 2.24) is 9.80 Å². The molecule has 0 spiro atoms. The number of urea groups is 1. The Morgan fingerprint density at radius 1 is 0.920 bits per heavy atom. The molecule has 2 aromatic rings. The number of carboxylic acid groups (broad SMARTS) is 1. The van der Waals surface area contributed by atoms with E-state index in [1.807, 2.05) is 48.5 Å². The summed E-state index contributed by atoms with van der Waals surface area (Å²) in [6.07, 6.45) is 0.506. The van der Waals surface area contributed by atoms with E-state index < -0.39 is 24.1 Å². The molecule has 25 heavy (non-hydrogen) atoms. The van der Waals surface area contributed by atoms with E-state index in [-0.39, 0.29) is 13.1 Å². The molecule has 0 radical (unpaired) electrons. The summed E-state index contributed by atoms with van der Waals surface area (Å²) in [5.74, 6) is -1.43. The van der Waals surface area contributed by atoms with Gasteiger partial charge in [-0.15, -0.1) is 0 Å². The highest BCUT2D eigenvalue weighted by Crippen LogP contribution is 2.26. The van der Waals surface area contributed by atoms with Gasteiger partial charge in [-0.2, -0.15) is 0 Å². The number of amides is 2. The molecule has 0 bridgehead atoms. The maximum absolute atomic E-state index is 12.8. The predicted molar refractivity (Wildman–Crippen MR) is 88.0 cm³/mol. The Morgan fingerprint density at radius 3 is 1.84 bits per heavy atom. The van der Waals surface area contributed by atoms with Gasteiger partial charge in [0.1, 0.15) is 18.4 Å². The zero-order chi connectivity index (χ0) is 17.8. The van der Waals surface area contributed by atoms with Gasteiger partial charge in [-0.25, -0.2) is 4.79 Å². The van der Waals surface area contributed by atoms with Gasteiger partial charge in [-0.3, -0.25) is 0 Å². The van der Waals surface area contributed by atoms with Crippen molar-refractivity contribution < 1.29 is 19.5 Å². The Bertz CT molecular complexity index is 764. The first-order chi connectivity index (χ1) is 12.1. The van der Waals surface area contributed by atoms with Gasteiger partial charge < -0.3 is 24.5 Å². The van der Waals surface area contributed by atoms with Gasteiger partial charge in [0.05, 0.1) is 5.97 Å². The van der Waals surface area contributed by atoms with Crippen LogP contribution in [0.4, 0.5) is 4.79 Å². The fourth-order valence-electron chi connectivity index (χ4n) is 3.08. The Labute approximate surface area is 145 Å². The highest BCUT2D eigenvalue weighted by molar-refractivity contribution is 5.92. The third-order valence-electron chi connectivity index (χ3n) is 4.28. The van der Waals surface area contributed by atoms with Crippen molar-refractivity contribution in [2.75, 3.05) is 0 Å². The summed E-state index contributed by atoms with van der Waals surface area (Å²) in [6, 6.07) is 15.3. The van der Waals surface area contributed by atoms with Crippen LogP contribution < -0.4 is 5.11 Å². The number of rotatable bonds is 6. The summed E-state index contributed by atoms with van der Waals surface area (Å²) in [5, 5.41) is 11.6. The Kier molecular flexibility index (Phi) is 4.79. The highest BCUT2D eigenvalue weighted by Gasteiger charge is 2.46. The number of carbonyl (C=O) groups excluding carboxylic acids is 3. The van der Waals surface area contributed by atoms with E-state index in [1.54, 1.807) is 12.1 Å². The van der Waals surface area contributed by atoms with Crippen LogP contribution in [0.5, 0.6) is 0 Å². The second-order valence-electron chi connectivity index (χ2n) is 5.90. The minimum Gasteiger partial charge on any atom is -0.548 e. The van der Waals surface area contributed by atoms with Crippen LogP contribution in [0.3, 0.4) is 0 Å². The Balaban J connectivity index is 1.90. The van der Waals surface area contributed by atoms with Crippen molar-refractivity contribution >= 4 is 18.3 Å². The zero-order valence-corrected chi connectivity index (χ0v) is 13.4. The molecule has 0 N–H and O–H groups in total. The lowest BCUT2D eigenvalue weighted by atomic mass is 10.1. The minimum absolute atomic E-state index is 0.105. The van der Waals surface area contributed by atoms with Crippen LogP contribution in [0.1, 0.15) is 11.1 Å². The SMILES string of the molecule is O=C[C@@H]1[C@H](C(=O)[O-])N(Cc2ccccc2)C(=O)N1Cc1ccccc1. The molecule has 2 amide bonds. The molecule has 6 heteroatoms. The Morgan fingerprint density at radius 2 is 1.40 bits per heavy atom. The lowest BCUT2D eigenvalue weighted by Gasteiger charge is -2.25. The van der Waals surface area contributed by atoms with Crippen LogP contribution in [0.25, 0.3) is 0 Å². The molecule has 3 rings (SSSR count). The van der Waals surface area contributed by atoms with E-state index in [1.165, 1.54) is 9.80 Å². The maximum atomic E-state index is 12.8. The lowest BCUT2D eigenvalue weighted by Crippen LogP contribution is -2.50. The number of aliphatic carboxylic acids is 1. The maximum Gasteiger partial charge on any atom is 0.321 e. The number of carbonyl (C=O) groups is 3. The van der Waals surface area contributed by atoms with Crippen LogP contribution in [0.2, 0.25) is 0 Å². The molecule has 1 heterocycles. The molecule has 1 fully saturated rings. The van der Waals surface area contributed by atoms with Gasteiger partial charge >= 0.3 is 6.03 Å². The lowest BCUT2D eigenvalue weighted by molar-refractivity contribution is -0.311. The van der Waals surface area contributed by atoms with Gasteiger partial charge in [0, 0.05) is 13.1 Å². The molecular weight excluding hydrogens is 320 g/mol. The third kappa shape index (κ3) is 3.38. The summed E-state index contributed by atoms with van der Waals surface area (Å²) < 4.78 is 0. The zero-order valence-electron chi connectivity index (χ0n) is 13.4. The van der Waals surface area contributed by atoms with Crippen LogP contribution in [-0.2, 0) is 22.7 Å². The van der Waals surface area contributed by atoms with E-state index >= 15 is 0 Å². The number of hydrogen-bond donors (Lipinski definition) is 0. The second kappa shape index (κ2) is 7.17. The standard InChI is InChI=1S/C19H18N2O4/c22-13-16-17(18(23)24)21(12-15-9-5-2-6-10-15)19(25)20(16)11-14-7-3-1-4-8-14/h1-10,13,16-17H,11-12H2,(H,23,24)/p-1/t16-,17-/m1/s1. The van der Waals surface area contributed by atoms with E-state index in [2.05, 4.69) is 0 Å². The van der Waals surface area contributed by atoms with Gasteiger partial charge in [0.15, 0.2) is 0 Å². The first kappa shape index (κ1) is 16.7.